The lowest BCUT2D eigenvalue weighted by Gasteiger charge is -2.25. The minimum atomic E-state index is -0.0994. The zero-order valence-electron chi connectivity index (χ0n) is 17.1. The molecule has 1 aliphatic rings. The van der Waals surface area contributed by atoms with Gasteiger partial charge < -0.3 is 19.1 Å². The van der Waals surface area contributed by atoms with E-state index in [2.05, 4.69) is 9.88 Å². The third-order valence-electron chi connectivity index (χ3n) is 4.68. The summed E-state index contributed by atoms with van der Waals surface area (Å²) in [6.45, 7) is 4.73. The van der Waals surface area contributed by atoms with Crippen LogP contribution in [0.5, 0.6) is 11.5 Å². The molecule has 7 nitrogen and oxygen atoms in total. The van der Waals surface area contributed by atoms with Gasteiger partial charge in [0, 0.05) is 37.2 Å². The van der Waals surface area contributed by atoms with Gasteiger partial charge in [0.2, 0.25) is 5.91 Å². The molecule has 0 spiro atoms. The SMILES string of the molecule is COc1ccc(OC)c(/C=C/C(=O)N(C)Cc2csc(CN3CCOCC3)n2)c1. The third-order valence-corrected chi connectivity index (χ3v) is 5.56. The molecule has 2 aromatic rings. The molecule has 156 valence electrons. The molecule has 0 N–H and O–H groups in total. The van der Waals surface area contributed by atoms with Crippen molar-refractivity contribution in [3.05, 3.63) is 45.9 Å². The second-order valence-electron chi connectivity index (χ2n) is 6.76. The number of aromatic nitrogens is 1. The Labute approximate surface area is 175 Å². The smallest absolute Gasteiger partial charge is 0.246 e. The maximum Gasteiger partial charge on any atom is 0.246 e. The van der Waals surface area contributed by atoms with Gasteiger partial charge in [-0.1, -0.05) is 0 Å². The fourth-order valence-corrected chi connectivity index (χ4v) is 3.85. The Bertz CT molecular complexity index is 846. The van der Waals surface area contributed by atoms with Crippen molar-refractivity contribution in [1.82, 2.24) is 14.8 Å². The Morgan fingerprint density at radius 1 is 1.31 bits per heavy atom. The van der Waals surface area contributed by atoms with E-state index in [9.17, 15) is 4.79 Å². The van der Waals surface area contributed by atoms with Crippen LogP contribution in [0.2, 0.25) is 0 Å². The number of hydrogen-bond donors (Lipinski definition) is 0. The topological polar surface area (TPSA) is 64.1 Å². The van der Waals surface area contributed by atoms with E-state index < -0.39 is 0 Å². The number of carbonyl (C=O) groups is 1. The fourth-order valence-electron chi connectivity index (χ4n) is 3.02. The fraction of sp³-hybridized carbons (Fsp3) is 0.429. The number of carbonyl (C=O) groups excluding carboxylic acids is 1. The molecule has 1 aliphatic heterocycles. The van der Waals surface area contributed by atoms with E-state index in [1.54, 1.807) is 43.6 Å². The molecule has 0 atom stereocenters. The Balaban J connectivity index is 1.57. The van der Waals surface area contributed by atoms with Crippen LogP contribution in [-0.2, 0) is 22.6 Å². The van der Waals surface area contributed by atoms with E-state index in [4.69, 9.17) is 14.2 Å². The quantitative estimate of drug-likeness (QED) is 0.616. The number of morpholine rings is 1. The summed E-state index contributed by atoms with van der Waals surface area (Å²) in [5.74, 6) is 1.30. The lowest BCUT2D eigenvalue weighted by Crippen LogP contribution is -2.35. The van der Waals surface area contributed by atoms with E-state index >= 15 is 0 Å². The van der Waals surface area contributed by atoms with Gasteiger partial charge in [0.1, 0.15) is 16.5 Å². The molecule has 1 aromatic carbocycles. The maximum atomic E-state index is 12.5. The summed E-state index contributed by atoms with van der Waals surface area (Å²) in [6, 6.07) is 5.47. The summed E-state index contributed by atoms with van der Waals surface area (Å²) >= 11 is 1.64. The van der Waals surface area contributed by atoms with Crippen LogP contribution in [0, 0.1) is 0 Å². The van der Waals surface area contributed by atoms with Gasteiger partial charge in [0.15, 0.2) is 0 Å². The van der Waals surface area contributed by atoms with Crippen LogP contribution < -0.4 is 9.47 Å². The molecule has 0 bridgehead atoms. The predicted octanol–water partition coefficient (Wildman–Crippen LogP) is 2.66. The van der Waals surface area contributed by atoms with Crippen molar-refractivity contribution in [2.75, 3.05) is 47.6 Å². The molecular weight excluding hydrogens is 390 g/mol. The molecule has 1 aromatic heterocycles. The van der Waals surface area contributed by atoms with Crippen LogP contribution >= 0.6 is 11.3 Å². The van der Waals surface area contributed by atoms with E-state index in [0.29, 0.717) is 18.0 Å². The van der Waals surface area contributed by atoms with Crippen molar-refractivity contribution in [2.45, 2.75) is 13.1 Å². The van der Waals surface area contributed by atoms with Crippen molar-refractivity contribution in [2.24, 2.45) is 0 Å². The van der Waals surface area contributed by atoms with Crippen LogP contribution in [0.25, 0.3) is 6.08 Å². The Morgan fingerprint density at radius 2 is 2.10 bits per heavy atom. The number of thiazole rings is 1. The molecule has 2 heterocycles. The molecule has 0 aliphatic carbocycles. The average molecular weight is 418 g/mol. The summed E-state index contributed by atoms with van der Waals surface area (Å²) in [6.07, 6.45) is 3.28. The minimum absolute atomic E-state index is 0.0994. The van der Waals surface area contributed by atoms with Crippen molar-refractivity contribution in [3.8, 4) is 11.5 Å². The van der Waals surface area contributed by atoms with Gasteiger partial charge >= 0.3 is 0 Å². The van der Waals surface area contributed by atoms with Crippen molar-refractivity contribution < 1.29 is 19.0 Å². The van der Waals surface area contributed by atoms with Crippen LogP contribution in [0.4, 0.5) is 0 Å². The number of nitrogens with zero attached hydrogens (tertiary/aromatic N) is 3. The summed E-state index contributed by atoms with van der Waals surface area (Å²) < 4.78 is 16.0. The molecule has 1 amide bonds. The predicted molar refractivity (Wildman–Crippen MR) is 113 cm³/mol. The number of amides is 1. The second kappa shape index (κ2) is 10.4. The highest BCUT2D eigenvalue weighted by Gasteiger charge is 2.14. The van der Waals surface area contributed by atoms with Crippen LogP contribution in [0.1, 0.15) is 16.3 Å². The van der Waals surface area contributed by atoms with E-state index in [1.165, 1.54) is 6.08 Å². The third kappa shape index (κ3) is 6.03. The highest BCUT2D eigenvalue weighted by Crippen LogP contribution is 2.25. The first-order chi connectivity index (χ1) is 14.1. The molecular formula is C21H27N3O4S. The van der Waals surface area contributed by atoms with Gasteiger partial charge in [-0.25, -0.2) is 4.98 Å². The maximum absolute atomic E-state index is 12.5. The van der Waals surface area contributed by atoms with Crippen LogP contribution in [-0.4, -0.2) is 68.3 Å². The summed E-state index contributed by atoms with van der Waals surface area (Å²) in [7, 11) is 4.98. The van der Waals surface area contributed by atoms with Crippen molar-refractivity contribution >= 4 is 23.3 Å². The van der Waals surface area contributed by atoms with E-state index in [1.807, 2.05) is 23.6 Å². The molecule has 1 fully saturated rings. The lowest BCUT2D eigenvalue weighted by atomic mass is 10.1. The number of rotatable bonds is 8. The first-order valence-electron chi connectivity index (χ1n) is 9.47. The molecule has 0 saturated carbocycles. The molecule has 8 heteroatoms. The zero-order chi connectivity index (χ0) is 20.6. The van der Waals surface area contributed by atoms with Gasteiger partial charge in [0.25, 0.3) is 0 Å². The van der Waals surface area contributed by atoms with Gasteiger partial charge in [-0.05, 0) is 24.3 Å². The molecule has 0 unspecified atom stereocenters. The molecule has 1 saturated heterocycles. The number of ether oxygens (including phenoxy) is 3. The summed E-state index contributed by atoms with van der Waals surface area (Å²) in [4.78, 5) is 21.2. The average Bonchev–Trinajstić information content (AvgIpc) is 3.18. The van der Waals surface area contributed by atoms with Gasteiger partial charge in [-0.3, -0.25) is 9.69 Å². The first kappa shape index (κ1) is 21.3. The van der Waals surface area contributed by atoms with Gasteiger partial charge in [-0.2, -0.15) is 0 Å². The normalized spacial score (nSPS) is 14.9. The molecule has 3 rings (SSSR count). The van der Waals surface area contributed by atoms with Crippen molar-refractivity contribution in [3.63, 3.8) is 0 Å². The van der Waals surface area contributed by atoms with Crippen molar-refractivity contribution in [1.29, 1.82) is 0 Å². The number of likely N-dealkylation sites (N-methyl/N-ethyl adjacent to an activating group) is 1. The standard InChI is InChI=1S/C21H27N3O4S/c1-23(13-17-15-29-20(22-17)14-24-8-10-28-11-9-24)21(25)7-4-16-12-18(26-2)5-6-19(16)27-3/h4-7,12,15H,8-11,13-14H2,1-3H3/b7-4+. The van der Waals surface area contributed by atoms with Crippen LogP contribution in [0.3, 0.4) is 0 Å². The van der Waals surface area contributed by atoms with Gasteiger partial charge in [-0.15, -0.1) is 11.3 Å². The Kier molecular flexibility index (Phi) is 7.62. The minimum Gasteiger partial charge on any atom is -0.497 e. The summed E-state index contributed by atoms with van der Waals surface area (Å²) in [5.41, 5.74) is 1.69. The van der Waals surface area contributed by atoms with Gasteiger partial charge in [0.05, 0.1) is 46.2 Å². The first-order valence-corrected chi connectivity index (χ1v) is 10.4. The highest BCUT2D eigenvalue weighted by atomic mass is 32.1. The number of methoxy groups -OCH3 is 2. The lowest BCUT2D eigenvalue weighted by molar-refractivity contribution is -0.125. The van der Waals surface area contributed by atoms with E-state index in [0.717, 1.165) is 49.1 Å². The zero-order valence-corrected chi connectivity index (χ0v) is 17.9. The number of hydrogen-bond acceptors (Lipinski definition) is 7. The molecule has 0 radical (unpaired) electrons. The number of benzene rings is 1. The Hall–Kier alpha value is -2.42. The largest absolute Gasteiger partial charge is 0.497 e. The highest BCUT2D eigenvalue weighted by molar-refractivity contribution is 7.09. The second-order valence-corrected chi connectivity index (χ2v) is 7.70. The molecule has 29 heavy (non-hydrogen) atoms. The van der Waals surface area contributed by atoms with Crippen LogP contribution in [0.15, 0.2) is 29.7 Å². The van der Waals surface area contributed by atoms with E-state index in [-0.39, 0.29) is 5.91 Å². The Morgan fingerprint density at radius 3 is 2.83 bits per heavy atom. The monoisotopic (exact) mass is 417 g/mol. The summed E-state index contributed by atoms with van der Waals surface area (Å²) in [5, 5.41) is 3.09.